The molecule has 0 radical (unpaired) electrons. The minimum absolute atomic E-state index is 0.00358. The summed E-state index contributed by atoms with van der Waals surface area (Å²) >= 11 is 0. The van der Waals surface area contributed by atoms with Crippen LogP contribution in [0.25, 0.3) is 0 Å². The first kappa shape index (κ1) is 18.0. The van der Waals surface area contributed by atoms with Crippen molar-refractivity contribution in [2.75, 3.05) is 20.1 Å². The van der Waals surface area contributed by atoms with Crippen LogP contribution in [0.15, 0.2) is 16.5 Å². The predicted molar refractivity (Wildman–Crippen MR) is 89.5 cm³/mol. The fourth-order valence-corrected chi connectivity index (χ4v) is 2.53. The second-order valence-electron chi connectivity index (χ2n) is 7.31. The van der Waals surface area contributed by atoms with Crippen LogP contribution in [-0.4, -0.2) is 62.4 Å². The fraction of sp³-hybridized carbons (Fsp3) is 0.600. The molecule has 8 nitrogen and oxygen atoms in total. The van der Waals surface area contributed by atoms with Crippen molar-refractivity contribution < 1.29 is 32.6 Å². The first-order valence-electron chi connectivity index (χ1n) is 8.10. The standard InChI is InChI=1S/C15H21B2NO7/c1-14(2)15(3,4)25-17(24-14)11-7-6-10(21-11)16-22-12(19)8-18(5)9-13(20)23-16/h6-7H,8-9H2,1-5H3. The van der Waals surface area contributed by atoms with Gasteiger partial charge in [-0.2, -0.15) is 0 Å². The maximum Gasteiger partial charge on any atom is 0.674 e. The average molecular weight is 349 g/mol. The van der Waals surface area contributed by atoms with Gasteiger partial charge < -0.3 is 23.0 Å². The van der Waals surface area contributed by atoms with Crippen molar-refractivity contribution in [3.63, 3.8) is 0 Å². The van der Waals surface area contributed by atoms with Gasteiger partial charge in [0.15, 0.2) is 5.66 Å². The lowest BCUT2D eigenvalue weighted by Gasteiger charge is -2.32. The zero-order chi connectivity index (χ0) is 18.4. The van der Waals surface area contributed by atoms with Crippen molar-refractivity contribution in [2.45, 2.75) is 38.9 Å². The van der Waals surface area contributed by atoms with Gasteiger partial charge in [-0.25, -0.2) is 0 Å². The average Bonchev–Trinajstić information content (AvgIpc) is 2.99. The predicted octanol–water partition coefficient (Wildman–Crippen LogP) is -0.694. The van der Waals surface area contributed by atoms with Crippen LogP contribution in [0.5, 0.6) is 0 Å². The van der Waals surface area contributed by atoms with Crippen LogP contribution in [-0.2, 0) is 28.2 Å². The Kier molecular flexibility index (Phi) is 4.47. The fourth-order valence-electron chi connectivity index (χ4n) is 2.53. The van der Waals surface area contributed by atoms with Gasteiger partial charge >= 0.3 is 26.2 Å². The summed E-state index contributed by atoms with van der Waals surface area (Å²) < 4.78 is 27.9. The molecule has 3 rings (SSSR count). The highest BCUT2D eigenvalue weighted by atomic mass is 16.7. The minimum atomic E-state index is -1.22. The first-order chi connectivity index (χ1) is 11.6. The Morgan fingerprint density at radius 3 is 1.80 bits per heavy atom. The van der Waals surface area contributed by atoms with E-state index in [2.05, 4.69) is 0 Å². The van der Waals surface area contributed by atoms with Crippen molar-refractivity contribution in [2.24, 2.45) is 0 Å². The van der Waals surface area contributed by atoms with Gasteiger partial charge in [0.05, 0.1) is 24.3 Å². The van der Waals surface area contributed by atoms with E-state index in [4.69, 9.17) is 23.0 Å². The van der Waals surface area contributed by atoms with Gasteiger partial charge in [-0.15, -0.1) is 0 Å². The van der Waals surface area contributed by atoms with Crippen LogP contribution in [0, 0.1) is 0 Å². The number of hydrogen-bond donors (Lipinski definition) is 0. The second-order valence-corrected chi connectivity index (χ2v) is 7.31. The summed E-state index contributed by atoms with van der Waals surface area (Å²) in [7, 11) is -0.277. The summed E-state index contributed by atoms with van der Waals surface area (Å²) in [5.41, 5.74) is -0.390. The summed E-state index contributed by atoms with van der Waals surface area (Å²) in [6.45, 7) is 7.74. The van der Waals surface area contributed by atoms with Gasteiger partial charge in [-0.1, -0.05) is 0 Å². The number of nitrogens with zero attached hydrogens (tertiary/aromatic N) is 1. The Hall–Kier alpha value is -1.77. The van der Waals surface area contributed by atoms with Crippen LogP contribution in [0.1, 0.15) is 27.7 Å². The molecule has 2 aliphatic rings. The van der Waals surface area contributed by atoms with E-state index in [0.29, 0.717) is 5.66 Å². The van der Waals surface area contributed by atoms with E-state index in [1.165, 1.54) is 4.90 Å². The van der Waals surface area contributed by atoms with Crippen molar-refractivity contribution in [3.05, 3.63) is 12.1 Å². The van der Waals surface area contributed by atoms with Crippen LogP contribution >= 0.6 is 0 Å². The first-order valence-corrected chi connectivity index (χ1v) is 8.10. The lowest BCUT2D eigenvalue weighted by molar-refractivity contribution is -0.145. The number of furan rings is 1. The van der Waals surface area contributed by atoms with Gasteiger partial charge in [-0.05, 0) is 46.9 Å². The summed E-state index contributed by atoms with van der Waals surface area (Å²) in [6, 6.07) is 3.24. The van der Waals surface area contributed by atoms with Crippen molar-refractivity contribution in [1.29, 1.82) is 0 Å². The van der Waals surface area contributed by atoms with Crippen molar-refractivity contribution in [1.82, 2.24) is 4.90 Å². The number of likely N-dealkylation sites (N-methyl/N-ethyl adjacent to an activating group) is 1. The third kappa shape index (κ3) is 3.61. The summed E-state index contributed by atoms with van der Waals surface area (Å²) in [6.07, 6.45) is 0. The third-order valence-electron chi connectivity index (χ3n) is 4.64. The maximum atomic E-state index is 11.8. The van der Waals surface area contributed by atoms with Crippen LogP contribution in [0.4, 0.5) is 0 Å². The van der Waals surface area contributed by atoms with E-state index in [1.807, 2.05) is 27.7 Å². The summed E-state index contributed by atoms with van der Waals surface area (Å²) in [5, 5.41) is 0. The molecule has 0 unspecified atom stereocenters. The van der Waals surface area contributed by atoms with Gasteiger partial charge in [0.25, 0.3) is 0 Å². The molecule has 0 saturated carbocycles. The smallest absolute Gasteiger partial charge is 0.492 e. The summed E-state index contributed by atoms with van der Waals surface area (Å²) in [5.74, 6) is -1.01. The van der Waals surface area contributed by atoms with Gasteiger partial charge in [0.1, 0.15) is 5.66 Å². The molecule has 1 aromatic rings. The molecule has 2 fully saturated rings. The van der Waals surface area contributed by atoms with Gasteiger partial charge in [0.2, 0.25) is 0 Å². The molecule has 134 valence electrons. The molecule has 0 amide bonds. The third-order valence-corrected chi connectivity index (χ3v) is 4.64. The number of rotatable bonds is 2. The number of hydrogen-bond acceptors (Lipinski definition) is 8. The second kappa shape index (κ2) is 6.19. The lowest BCUT2D eigenvalue weighted by Crippen LogP contribution is -2.47. The molecule has 0 aliphatic carbocycles. The highest BCUT2D eigenvalue weighted by Gasteiger charge is 2.53. The van der Waals surface area contributed by atoms with E-state index >= 15 is 0 Å². The number of carbonyl (C=O) groups excluding carboxylic acids is 2. The van der Waals surface area contributed by atoms with Crippen LogP contribution in [0.2, 0.25) is 0 Å². The highest BCUT2D eigenvalue weighted by Crippen LogP contribution is 2.36. The van der Waals surface area contributed by atoms with Crippen LogP contribution in [0.3, 0.4) is 0 Å². The molecule has 0 spiro atoms. The molecule has 2 saturated heterocycles. The molecule has 0 atom stereocenters. The maximum absolute atomic E-state index is 11.8. The van der Waals surface area contributed by atoms with E-state index in [-0.39, 0.29) is 18.7 Å². The van der Waals surface area contributed by atoms with Gasteiger partial charge in [-0.3, -0.25) is 14.5 Å². The molecule has 2 aliphatic heterocycles. The Bertz CT molecular complexity index is 651. The molecule has 10 heteroatoms. The molecule has 25 heavy (non-hydrogen) atoms. The van der Waals surface area contributed by atoms with E-state index in [1.54, 1.807) is 19.2 Å². The Labute approximate surface area is 147 Å². The highest BCUT2D eigenvalue weighted by molar-refractivity contribution is 6.65. The molecule has 3 heterocycles. The molecular weight excluding hydrogens is 328 g/mol. The Balaban J connectivity index is 1.77. The van der Waals surface area contributed by atoms with E-state index in [9.17, 15) is 9.59 Å². The zero-order valence-electron chi connectivity index (χ0n) is 15.0. The topological polar surface area (TPSA) is 87.4 Å². The molecule has 0 N–H and O–H groups in total. The lowest BCUT2D eigenvalue weighted by atomic mass is 9.85. The minimum Gasteiger partial charge on any atom is -0.492 e. The Morgan fingerprint density at radius 2 is 1.32 bits per heavy atom. The monoisotopic (exact) mass is 349 g/mol. The molecule has 1 aromatic heterocycles. The SMILES string of the molecule is CN1CC(=O)OB(c2ccc(B3OC(C)(C)C(C)(C)O3)o2)OC(=O)C1. The quantitative estimate of drug-likeness (QED) is 0.649. The molecular formula is C15H21B2NO7. The van der Waals surface area contributed by atoms with E-state index < -0.39 is 37.4 Å². The Morgan fingerprint density at radius 1 is 0.880 bits per heavy atom. The van der Waals surface area contributed by atoms with Crippen molar-refractivity contribution in [3.8, 4) is 0 Å². The largest absolute Gasteiger partial charge is 0.674 e. The van der Waals surface area contributed by atoms with E-state index in [0.717, 1.165) is 0 Å². The van der Waals surface area contributed by atoms with Crippen molar-refractivity contribution >= 4 is 37.5 Å². The molecule has 0 bridgehead atoms. The summed E-state index contributed by atoms with van der Waals surface area (Å²) in [4.78, 5) is 25.2. The molecule has 0 aromatic carbocycles. The zero-order valence-corrected chi connectivity index (χ0v) is 15.0. The van der Waals surface area contributed by atoms with Crippen LogP contribution < -0.4 is 11.3 Å². The van der Waals surface area contributed by atoms with Gasteiger partial charge in [0, 0.05) is 0 Å². The normalized spacial score (nSPS) is 23.9. The number of carbonyl (C=O) groups is 2.